The van der Waals surface area contributed by atoms with Crippen molar-refractivity contribution in [1.82, 2.24) is 5.32 Å². The van der Waals surface area contributed by atoms with Crippen molar-refractivity contribution in [3.8, 4) is 11.5 Å². The quantitative estimate of drug-likeness (QED) is 0.177. The lowest BCUT2D eigenvalue weighted by atomic mass is 10.0. The second-order valence-electron chi connectivity index (χ2n) is 8.20. The number of carbonyl (C=O) groups excluding carboxylic acids is 2. The van der Waals surface area contributed by atoms with Crippen molar-refractivity contribution in [3.63, 3.8) is 0 Å². The van der Waals surface area contributed by atoms with Crippen LogP contribution in [0.3, 0.4) is 0 Å². The molecule has 1 aromatic rings. The second-order valence-corrected chi connectivity index (χ2v) is 8.20. The van der Waals surface area contributed by atoms with E-state index in [1.54, 1.807) is 6.92 Å². The molecule has 0 saturated carbocycles. The van der Waals surface area contributed by atoms with Gasteiger partial charge in [0.05, 0.1) is 0 Å². The first-order valence-corrected chi connectivity index (χ1v) is 11.8. The van der Waals surface area contributed by atoms with Crippen LogP contribution in [0.2, 0.25) is 0 Å². The van der Waals surface area contributed by atoms with Gasteiger partial charge in [0.15, 0.2) is 0 Å². The smallest absolute Gasteiger partial charge is 0.333 e. The number of phenolic OH excluding ortho intramolecular Hbond substituents is 1. The number of amides is 1. The summed E-state index contributed by atoms with van der Waals surface area (Å²) >= 11 is 0. The minimum absolute atomic E-state index is 0.106. The maximum Gasteiger partial charge on any atom is 0.333 e. The number of unbranched alkanes of at least 4 members (excludes halogenated alkanes) is 12. The van der Waals surface area contributed by atoms with Crippen LogP contribution >= 0.6 is 0 Å². The molecule has 2 N–H and O–H groups in total. The van der Waals surface area contributed by atoms with Crippen molar-refractivity contribution >= 4 is 11.9 Å². The Labute approximate surface area is 182 Å². The minimum Gasteiger partial charge on any atom is -0.508 e. The Bertz CT molecular complexity index is 585. The van der Waals surface area contributed by atoms with Gasteiger partial charge in [-0.1, -0.05) is 84.0 Å². The van der Waals surface area contributed by atoms with Gasteiger partial charge < -0.3 is 15.2 Å². The summed E-state index contributed by atoms with van der Waals surface area (Å²) in [6.45, 7) is 3.87. The van der Waals surface area contributed by atoms with Crippen molar-refractivity contribution in [3.05, 3.63) is 24.3 Å². The Morgan fingerprint density at radius 2 is 1.30 bits per heavy atom. The highest BCUT2D eigenvalue weighted by atomic mass is 16.5. The molecule has 30 heavy (non-hydrogen) atoms. The molecule has 1 aromatic carbocycles. The van der Waals surface area contributed by atoms with Gasteiger partial charge in [-0.05, 0) is 37.6 Å². The Morgan fingerprint density at radius 1 is 0.833 bits per heavy atom. The van der Waals surface area contributed by atoms with Crippen LogP contribution in [0.1, 0.15) is 104 Å². The number of hydrogen-bond acceptors (Lipinski definition) is 4. The first kappa shape index (κ1) is 26.0. The third-order valence-corrected chi connectivity index (χ3v) is 5.29. The van der Waals surface area contributed by atoms with Crippen LogP contribution in [0.25, 0.3) is 0 Å². The molecule has 0 bridgehead atoms. The van der Waals surface area contributed by atoms with E-state index in [4.69, 9.17) is 4.74 Å². The van der Waals surface area contributed by atoms with E-state index in [1.807, 2.05) is 0 Å². The lowest BCUT2D eigenvalue weighted by Crippen LogP contribution is -2.40. The van der Waals surface area contributed by atoms with Crippen LogP contribution in [-0.2, 0) is 9.59 Å². The maximum absolute atomic E-state index is 12.0. The summed E-state index contributed by atoms with van der Waals surface area (Å²) in [6, 6.07) is 5.21. The zero-order chi connectivity index (χ0) is 22.0. The fourth-order valence-electron chi connectivity index (χ4n) is 3.39. The normalized spacial score (nSPS) is 11.8. The van der Waals surface area contributed by atoms with Crippen molar-refractivity contribution in [2.24, 2.45) is 0 Å². The van der Waals surface area contributed by atoms with E-state index in [1.165, 1.54) is 94.9 Å². The number of benzene rings is 1. The number of aromatic hydroxyl groups is 1. The maximum atomic E-state index is 12.0. The van der Waals surface area contributed by atoms with Gasteiger partial charge in [0.1, 0.15) is 17.5 Å². The van der Waals surface area contributed by atoms with Crippen molar-refractivity contribution in [1.29, 1.82) is 0 Å². The van der Waals surface area contributed by atoms with Crippen LogP contribution in [0.15, 0.2) is 24.3 Å². The van der Waals surface area contributed by atoms with Crippen LogP contribution in [0.5, 0.6) is 11.5 Å². The fourth-order valence-corrected chi connectivity index (χ4v) is 3.39. The molecule has 5 heteroatoms. The van der Waals surface area contributed by atoms with Gasteiger partial charge in [0.2, 0.25) is 5.91 Å². The third kappa shape index (κ3) is 13.2. The minimum atomic E-state index is -0.701. The second kappa shape index (κ2) is 16.7. The topological polar surface area (TPSA) is 75.6 Å². The summed E-state index contributed by atoms with van der Waals surface area (Å²) in [4.78, 5) is 24.0. The highest BCUT2D eigenvalue weighted by Gasteiger charge is 2.17. The molecule has 0 fully saturated rings. The van der Waals surface area contributed by atoms with E-state index in [-0.39, 0.29) is 11.7 Å². The molecule has 0 unspecified atom stereocenters. The molecule has 0 aliphatic heterocycles. The molecule has 0 radical (unpaired) electrons. The van der Waals surface area contributed by atoms with Gasteiger partial charge in [-0.3, -0.25) is 4.79 Å². The average Bonchev–Trinajstić information content (AvgIpc) is 2.73. The Kier molecular flexibility index (Phi) is 14.5. The lowest BCUT2D eigenvalue weighted by Gasteiger charge is -2.13. The predicted molar refractivity (Wildman–Crippen MR) is 122 cm³/mol. The first-order valence-electron chi connectivity index (χ1n) is 11.8. The summed E-state index contributed by atoms with van der Waals surface area (Å²) in [5, 5.41) is 11.9. The van der Waals surface area contributed by atoms with Gasteiger partial charge in [-0.2, -0.15) is 0 Å². The molecule has 0 aliphatic rings. The lowest BCUT2D eigenvalue weighted by molar-refractivity contribution is -0.138. The number of hydrogen-bond donors (Lipinski definition) is 2. The van der Waals surface area contributed by atoms with Crippen LogP contribution in [0, 0.1) is 0 Å². The number of carbonyl (C=O) groups is 2. The third-order valence-electron chi connectivity index (χ3n) is 5.29. The summed E-state index contributed by atoms with van der Waals surface area (Å²) in [7, 11) is 0. The van der Waals surface area contributed by atoms with E-state index < -0.39 is 12.0 Å². The molecule has 5 nitrogen and oxygen atoms in total. The van der Waals surface area contributed by atoms with Crippen molar-refractivity contribution in [2.75, 3.05) is 0 Å². The Balaban J connectivity index is 1.97. The van der Waals surface area contributed by atoms with E-state index in [9.17, 15) is 14.7 Å². The zero-order valence-electron chi connectivity index (χ0n) is 19.0. The SMILES string of the molecule is CCCCCCCCCCCCCCCC(=O)N[C@@H](C)C(=O)Oc1ccc(O)cc1. The molecule has 170 valence electrons. The Hall–Kier alpha value is -2.04. The van der Waals surface area contributed by atoms with Crippen LogP contribution < -0.4 is 10.1 Å². The van der Waals surface area contributed by atoms with Gasteiger partial charge in [0.25, 0.3) is 0 Å². The number of phenols is 1. The zero-order valence-corrected chi connectivity index (χ0v) is 19.0. The van der Waals surface area contributed by atoms with Gasteiger partial charge in [0, 0.05) is 6.42 Å². The van der Waals surface area contributed by atoms with Gasteiger partial charge in [-0.15, -0.1) is 0 Å². The van der Waals surface area contributed by atoms with Crippen LogP contribution in [-0.4, -0.2) is 23.0 Å². The molecule has 1 atom stereocenters. The number of rotatable bonds is 17. The van der Waals surface area contributed by atoms with E-state index >= 15 is 0 Å². The number of esters is 1. The molecule has 0 saturated heterocycles. The predicted octanol–water partition coefficient (Wildman–Crippen LogP) is 6.28. The summed E-state index contributed by atoms with van der Waals surface area (Å²) < 4.78 is 5.19. The fraction of sp³-hybridized carbons (Fsp3) is 0.680. The van der Waals surface area contributed by atoms with E-state index in [2.05, 4.69) is 12.2 Å². The molecule has 1 amide bonds. The molecule has 1 rings (SSSR count). The number of ether oxygens (including phenoxy) is 1. The standard InChI is InChI=1S/C25H41NO4/c1-3-4-5-6-7-8-9-10-11-12-13-14-15-16-24(28)26-21(2)25(29)30-23-19-17-22(27)18-20-23/h17-21,27H,3-16H2,1-2H3,(H,26,28)/t21-/m0/s1. The molecule has 0 spiro atoms. The molecule has 0 aliphatic carbocycles. The number of nitrogens with one attached hydrogen (secondary N) is 1. The molecular formula is C25H41NO4. The average molecular weight is 420 g/mol. The highest BCUT2D eigenvalue weighted by Crippen LogP contribution is 2.16. The largest absolute Gasteiger partial charge is 0.508 e. The summed E-state index contributed by atoms with van der Waals surface area (Å²) in [5.74, 6) is -0.183. The summed E-state index contributed by atoms with van der Waals surface area (Å²) in [5.41, 5.74) is 0. The molecular weight excluding hydrogens is 378 g/mol. The summed E-state index contributed by atoms with van der Waals surface area (Å²) in [6.07, 6.45) is 17.0. The van der Waals surface area contributed by atoms with Gasteiger partial charge >= 0.3 is 5.97 Å². The van der Waals surface area contributed by atoms with Crippen molar-refractivity contribution < 1.29 is 19.4 Å². The molecule has 0 heterocycles. The van der Waals surface area contributed by atoms with Gasteiger partial charge in [-0.25, -0.2) is 4.79 Å². The van der Waals surface area contributed by atoms with E-state index in [0.717, 1.165) is 12.8 Å². The highest BCUT2D eigenvalue weighted by molar-refractivity contribution is 5.85. The van der Waals surface area contributed by atoms with Crippen molar-refractivity contribution in [2.45, 2.75) is 110 Å². The monoisotopic (exact) mass is 419 g/mol. The first-order chi connectivity index (χ1) is 14.5. The van der Waals surface area contributed by atoms with E-state index in [0.29, 0.717) is 12.2 Å². The van der Waals surface area contributed by atoms with Crippen LogP contribution in [0.4, 0.5) is 0 Å². The Morgan fingerprint density at radius 3 is 1.80 bits per heavy atom. The molecule has 0 aromatic heterocycles.